The molecule has 154 valence electrons. The van der Waals surface area contributed by atoms with Crippen LogP contribution in [0.1, 0.15) is 47.1 Å². The molecule has 0 aromatic heterocycles. The largest absolute Gasteiger partial charge is 0.467 e. The van der Waals surface area contributed by atoms with Crippen LogP contribution >= 0.6 is 0 Å². The van der Waals surface area contributed by atoms with Crippen molar-refractivity contribution in [3.8, 4) is 0 Å². The van der Waals surface area contributed by atoms with Crippen molar-refractivity contribution < 1.29 is 28.2 Å². The maximum absolute atomic E-state index is 13.0. The molecule has 0 unspecified atom stereocenters. The molecule has 0 radical (unpaired) electrons. The summed E-state index contributed by atoms with van der Waals surface area (Å²) in [6.45, 7) is 5.35. The Bertz CT molecular complexity index is 870. The summed E-state index contributed by atoms with van der Waals surface area (Å²) < 4.78 is 23.1. The number of halogens is 1. The van der Waals surface area contributed by atoms with Gasteiger partial charge in [0.2, 0.25) is 0 Å². The first-order chi connectivity index (χ1) is 13.6. The van der Waals surface area contributed by atoms with E-state index in [1.807, 2.05) is 0 Å². The maximum Gasteiger partial charge on any atom is 0.338 e. The number of ether oxygens (including phenoxy) is 2. The van der Waals surface area contributed by atoms with E-state index in [4.69, 9.17) is 9.47 Å². The first-order valence-electron chi connectivity index (χ1n) is 9.05. The zero-order chi connectivity index (χ0) is 21.6. The smallest absolute Gasteiger partial charge is 0.338 e. The highest BCUT2D eigenvalue weighted by Crippen LogP contribution is 2.14. The number of methoxy groups -OCH3 is 1. The highest BCUT2D eigenvalue weighted by molar-refractivity contribution is 5.96. The van der Waals surface area contributed by atoms with Gasteiger partial charge in [0.05, 0.1) is 12.7 Å². The second-order valence-electron chi connectivity index (χ2n) is 7.46. The lowest BCUT2D eigenvalue weighted by molar-refractivity contribution is -0.142. The van der Waals surface area contributed by atoms with Crippen LogP contribution in [-0.4, -0.2) is 36.6 Å². The Morgan fingerprint density at radius 3 is 2.03 bits per heavy atom. The summed E-state index contributed by atoms with van der Waals surface area (Å²) in [5, 5.41) is 2.59. The van der Waals surface area contributed by atoms with Crippen LogP contribution in [0.5, 0.6) is 0 Å². The van der Waals surface area contributed by atoms with Gasteiger partial charge in [-0.2, -0.15) is 0 Å². The molecule has 29 heavy (non-hydrogen) atoms. The van der Waals surface area contributed by atoms with Gasteiger partial charge in [-0.25, -0.2) is 14.0 Å². The summed E-state index contributed by atoms with van der Waals surface area (Å²) in [5.41, 5.74) is 0.720. The van der Waals surface area contributed by atoms with E-state index in [2.05, 4.69) is 5.32 Å². The van der Waals surface area contributed by atoms with Crippen LogP contribution < -0.4 is 5.32 Å². The predicted octanol–water partition coefficient (Wildman–Crippen LogP) is 3.30. The SMILES string of the molecule is COC(=O)[C@@H](Cc1ccc(C(=O)OC(C)(C)C)cc1)NC(=O)c1ccc(F)cc1. The number of benzene rings is 2. The number of rotatable bonds is 6. The fourth-order valence-electron chi connectivity index (χ4n) is 2.53. The highest BCUT2D eigenvalue weighted by Gasteiger charge is 2.23. The van der Waals surface area contributed by atoms with Crippen molar-refractivity contribution in [1.82, 2.24) is 5.32 Å². The monoisotopic (exact) mass is 401 g/mol. The molecule has 6 nitrogen and oxygen atoms in total. The van der Waals surface area contributed by atoms with Crippen molar-refractivity contribution in [3.05, 3.63) is 71.0 Å². The molecule has 0 saturated carbocycles. The molecule has 0 saturated heterocycles. The standard InChI is InChI=1S/C22H24FNO5/c1-22(2,3)29-20(26)16-7-5-14(6-8-16)13-18(21(27)28-4)24-19(25)15-9-11-17(23)12-10-15/h5-12,18H,13H2,1-4H3,(H,24,25)/t18-/m1/s1. The fourth-order valence-corrected chi connectivity index (χ4v) is 2.53. The minimum atomic E-state index is -0.940. The molecular formula is C22H24FNO5. The quantitative estimate of drug-likeness (QED) is 0.751. The van der Waals surface area contributed by atoms with Gasteiger partial charge < -0.3 is 14.8 Å². The minimum absolute atomic E-state index is 0.161. The molecule has 0 aliphatic carbocycles. The van der Waals surface area contributed by atoms with Crippen LogP contribution in [0.15, 0.2) is 48.5 Å². The molecule has 2 rings (SSSR count). The molecule has 0 fully saturated rings. The van der Waals surface area contributed by atoms with E-state index in [9.17, 15) is 18.8 Å². The summed E-state index contributed by atoms with van der Waals surface area (Å²) in [4.78, 5) is 36.5. The lowest BCUT2D eigenvalue weighted by Gasteiger charge is -2.20. The van der Waals surface area contributed by atoms with Crippen molar-refractivity contribution in [2.75, 3.05) is 7.11 Å². The fraction of sp³-hybridized carbons (Fsp3) is 0.318. The van der Waals surface area contributed by atoms with Crippen molar-refractivity contribution in [2.45, 2.75) is 38.8 Å². The molecule has 0 aliphatic rings. The van der Waals surface area contributed by atoms with E-state index in [0.29, 0.717) is 11.1 Å². The Balaban J connectivity index is 2.10. The molecule has 7 heteroatoms. The molecular weight excluding hydrogens is 377 g/mol. The molecule has 0 heterocycles. The van der Waals surface area contributed by atoms with Gasteiger partial charge >= 0.3 is 11.9 Å². The third-order valence-electron chi connectivity index (χ3n) is 3.93. The number of hydrogen-bond acceptors (Lipinski definition) is 5. The van der Waals surface area contributed by atoms with Crippen molar-refractivity contribution in [2.24, 2.45) is 0 Å². The summed E-state index contributed by atoms with van der Waals surface area (Å²) in [7, 11) is 1.23. The van der Waals surface area contributed by atoms with Crippen LogP contribution in [0.3, 0.4) is 0 Å². The molecule has 2 aromatic carbocycles. The van der Waals surface area contributed by atoms with E-state index in [1.165, 1.54) is 19.2 Å². The van der Waals surface area contributed by atoms with E-state index in [0.717, 1.165) is 12.1 Å². The van der Waals surface area contributed by atoms with Crippen LogP contribution in [0.2, 0.25) is 0 Å². The number of carbonyl (C=O) groups excluding carboxylic acids is 3. The Hall–Kier alpha value is -3.22. The number of esters is 2. The van der Waals surface area contributed by atoms with Crippen LogP contribution in [-0.2, 0) is 20.7 Å². The Kier molecular flexibility index (Phi) is 7.09. The van der Waals surface area contributed by atoms with E-state index < -0.39 is 35.3 Å². The van der Waals surface area contributed by atoms with Gasteiger partial charge in [0.1, 0.15) is 17.5 Å². The minimum Gasteiger partial charge on any atom is -0.467 e. The van der Waals surface area contributed by atoms with Crippen LogP contribution in [0, 0.1) is 5.82 Å². The third kappa shape index (κ3) is 6.71. The first kappa shape index (κ1) is 22.1. The van der Waals surface area contributed by atoms with Gasteiger partial charge in [0.15, 0.2) is 0 Å². The summed E-state index contributed by atoms with van der Waals surface area (Å²) in [6, 6.07) is 10.6. The molecule has 0 bridgehead atoms. The lowest BCUT2D eigenvalue weighted by atomic mass is 10.0. The number of hydrogen-bond donors (Lipinski definition) is 1. The van der Waals surface area contributed by atoms with Crippen molar-refractivity contribution in [1.29, 1.82) is 0 Å². The Morgan fingerprint density at radius 1 is 0.966 bits per heavy atom. The maximum atomic E-state index is 13.0. The van der Waals surface area contributed by atoms with Gasteiger partial charge in [-0.05, 0) is 62.7 Å². The van der Waals surface area contributed by atoms with Gasteiger partial charge in [-0.3, -0.25) is 4.79 Å². The average Bonchev–Trinajstić information content (AvgIpc) is 2.66. The third-order valence-corrected chi connectivity index (χ3v) is 3.93. The molecule has 1 N–H and O–H groups in total. The molecule has 1 atom stereocenters. The molecule has 1 amide bonds. The zero-order valence-corrected chi connectivity index (χ0v) is 16.8. The van der Waals surface area contributed by atoms with E-state index in [1.54, 1.807) is 45.0 Å². The molecule has 0 aliphatic heterocycles. The van der Waals surface area contributed by atoms with Gasteiger partial charge in [0.25, 0.3) is 5.91 Å². The van der Waals surface area contributed by atoms with Crippen LogP contribution in [0.25, 0.3) is 0 Å². The summed E-state index contributed by atoms with van der Waals surface area (Å²) in [5.74, 6) is -2.04. The second kappa shape index (κ2) is 9.32. The predicted molar refractivity (Wildman–Crippen MR) is 105 cm³/mol. The lowest BCUT2D eigenvalue weighted by Crippen LogP contribution is -2.43. The zero-order valence-electron chi connectivity index (χ0n) is 16.8. The average molecular weight is 401 g/mol. The van der Waals surface area contributed by atoms with Gasteiger partial charge in [-0.15, -0.1) is 0 Å². The Morgan fingerprint density at radius 2 is 1.52 bits per heavy atom. The second-order valence-corrected chi connectivity index (χ2v) is 7.46. The summed E-state index contributed by atoms with van der Waals surface area (Å²) >= 11 is 0. The highest BCUT2D eigenvalue weighted by atomic mass is 19.1. The molecule has 2 aromatic rings. The number of nitrogens with one attached hydrogen (secondary N) is 1. The normalized spacial score (nSPS) is 12.0. The van der Waals surface area contributed by atoms with Crippen molar-refractivity contribution >= 4 is 17.8 Å². The molecule has 0 spiro atoms. The summed E-state index contributed by atoms with van der Waals surface area (Å²) in [6.07, 6.45) is 0.161. The van der Waals surface area contributed by atoms with Crippen LogP contribution in [0.4, 0.5) is 4.39 Å². The topological polar surface area (TPSA) is 81.7 Å². The Labute approximate surface area is 169 Å². The van der Waals surface area contributed by atoms with Gasteiger partial charge in [-0.1, -0.05) is 12.1 Å². The van der Waals surface area contributed by atoms with Crippen molar-refractivity contribution in [3.63, 3.8) is 0 Å². The van der Waals surface area contributed by atoms with Gasteiger partial charge in [0, 0.05) is 12.0 Å². The first-order valence-corrected chi connectivity index (χ1v) is 9.05. The number of carbonyl (C=O) groups is 3. The van der Waals surface area contributed by atoms with E-state index in [-0.39, 0.29) is 12.0 Å². The van der Waals surface area contributed by atoms with E-state index >= 15 is 0 Å². The number of amides is 1.